The summed E-state index contributed by atoms with van der Waals surface area (Å²) in [6.45, 7) is 5.39. The predicted octanol–water partition coefficient (Wildman–Crippen LogP) is 0.595. The number of nitrogens with one attached hydrogen (secondary N) is 1. The van der Waals surface area contributed by atoms with E-state index in [1.807, 2.05) is 0 Å². The number of rotatable bonds is 6. The quantitative estimate of drug-likeness (QED) is 0.685. The van der Waals surface area contributed by atoms with E-state index < -0.39 is 5.91 Å². The van der Waals surface area contributed by atoms with Gasteiger partial charge in [-0.3, -0.25) is 9.79 Å². The van der Waals surface area contributed by atoms with Gasteiger partial charge >= 0.3 is 0 Å². The second-order valence-corrected chi connectivity index (χ2v) is 5.42. The molecule has 0 aromatic rings. The van der Waals surface area contributed by atoms with E-state index in [1.54, 1.807) is 11.8 Å². The van der Waals surface area contributed by atoms with E-state index in [-0.39, 0.29) is 6.61 Å². The van der Waals surface area contributed by atoms with Crippen LogP contribution in [0.2, 0.25) is 0 Å². The monoisotopic (exact) mass is 259 g/mol. The molecular formula is C11H21N3O2S. The molecule has 0 aromatic carbocycles. The summed E-state index contributed by atoms with van der Waals surface area (Å²) in [5, 5.41) is 4.40. The molecule has 1 atom stereocenters. The van der Waals surface area contributed by atoms with Gasteiger partial charge in [0.15, 0.2) is 5.17 Å². The molecule has 1 aliphatic heterocycles. The number of hydrogen-bond donors (Lipinski definition) is 2. The molecular weight excluding hydrogens is 238 g/mol. The number of carbonyl (C=O) groups is 1. The number of nitrogens with zero attached hydrogens (tertiary/aromatic N) is 1. The van der Waals surface area contributed by atoms with E-state index in [9.17, 15) is 4.79 Å². The van der Waals surface area contributed by atoms with E-state index in [0.29, 0.717) is 25.1 Å². The first-order valence-corrected chi connectivity index (χ1v) is 6.88. The van der Waals surface area contributed by atoms with Gasteiger partial charge < -0.3 is 15.8 Å². The van der Waals surface area contributed by atoms with Crippen LogP contribution in [-0.2, 0) is 9.53 Å². The lowest BCUT2D eigenvalue weighted by molar-refractivity contribution is -0.122. The van der Waals surface area contributed by atoms with E-state index in [4.69, 9.17) is 10.5 Å². The summed E-state index contributed by atoms with van der Waals surface area (Å²) in [5.41, 5.74) is 4.95. The fourth-order valence-corrected chi connectivity index (χ4v) is 2.51. The van der Waals surface area contributed by atoms with Gasteiger partial charge in [0.05, 0.1) is 13.2 Å². The van der Waals surface area contributed by atoms with Crippen molar-refractivity contribution in [1.29, 1.82) is 0 Å². The number of amidine groups is 1. The van der Waals surface area contributed by atoms with Crippen molar-refractivity contribution in [3.05, 3.63) is 0 Å². The molecule has 1 rings (SSSR count). The predicted molar refractivity (Wildman–Crippen MR) is 71.2 cm³/mol. The van der Waals surface area contributed by atoms with E-state index >= 15 is 0 Å². The molecule has 0 aliphatic carbocycles. The largest absolute Gasteiger partial charge is 0.370 e. The van der Waals surface area contributed by atoms with Crippen molar-refractivity contribution in [1.82, 2.24) is 5.32 Å². The third kappa shape index (κ3) is 5.93. The van der Waals surface area contributed by atoms with E-state index in [1.165, 1.54) is 6.42 Å². The Morgan fingerprint density at radius 3 is 3.12 bits per heavy atom. The number of ether oxygens (including phenoxy) is 1. The minimum Gasteiger partial charge on any atom is -0.370 e. The SMILES string of the molecule is CC(C)C1CCSC(=NCCOCC(N)=O)N1. The van der Waals surface area contributed by atoms with Gasteiger partial charge in [-0.1, -0.05) is 25.6 Å². The Morgan fingerprint density at radius 1 is 1.71 bits per heavy atom. The molecule has 1 amide bonds. The molecule has 98 valence electrons. The maximum absolute atomic E-state index is 10.4. The summed E-state index contributed by atoms with van der Waals surface area (Å²) < 4.78 is 5.04. The summed E-state index contributed by atoms with van der Waals surface area (Å²) in [6, 6.07) is 0.515. The van der Waals surface area contributed by atoms with Crippen molar-refractivity contribution in [3.8, 4) is 0 Å². The highest BCUT2D eigenvalue weighted by molar-refractivity contribution is 8.13. The third-order valence-corrected chi connectivity index (χ3v) is 3.48. The molecule has 0 spiro atoms. The van der Waals surface area contributed by atoms with Crippen LogP contribution < -0.4 is 11.1 Å². The number of aliphatic imine (C=N–C) groups is 1. The Bertz CT molecular complexity index is 282. The van der Waals surface area contributed by atoms with Gasteiger partial charge in [-0.05, 0) is 12.3 Å². The van der Waals surface area contributed by atoms with Crippen LogP contribution in [0.15, 0.2) is 4.99 Å². The van der Waals surface area contributed by atoms with E-state index in [2.05, 4.69) is 24.2 Å². The average molecular weight is 259 g/mol. The Balaban J connectivity index is 2.22. The minimum absolute atomic E-state index is 0.0277. The van der Waals surface area contributed by atoms with Crippen LogP contribution in [0.4, 0.5) is 0 Å². The van der Waals surface area contributed by atoms with Gasteiger partial charge in [-0.15, -0.1) is 0 Å². The molecule has 0 bridgehead atoms. The molecule has 1 heterocycles. The second kappa shape index (κ2) is 7.55. The van der Waals surface area contributed by atoms with E-state index in [0.717, 1.165) is 10.9 Å². The topological polar surface area (TPSA) is 76.7 Å². The maximum Gasteiger partial charge on any atom is 0.243 e. The highest BCUT2D eigenvalue weighted by Crippen LogP contribution is 2.18. The molecule has 0 radical (unpaired) electrons. The van der Waals surface area contributed by atoms with Crippen LogP contribution in [0.1, 0.15) is 20.3 Å². The van der Waals surface area contributed by atoms with Gasteiger partial charge in [-0.25, -0.2) is 0 Å². The van der Waals surface area contributed by atoms with Crippen molar-refractivity contribution in [2.24, 2.45) is 16.6 Å². The molecule has 1 saturated heterocycles. The lowest BCUT2D eigenvalue weighted by Crippen LogP contribution is -2.41. The van der Waals surface area contributed by atoms with Crippen LogP contribution in [0.25, 0.3) is 0 Å². The number of carbonyl (C=O) groups excluding carboxylic acids is 1. The van der Waals surface area contributed by atoms with Crippen molar-refractivity contribution in [2.45, 2.75) is 26.3 Å². The first-order chi connectivity index (χ1) is 8.09. The highest BCUT2D eigenvalue weighted by atomic mass is 32.2. The lowest BCUT2D eigenvalue weighted by Gasteiger charge is -2.28. The van der Waals surface area contributed by atoms with Gasteiger partial charge in [0.2, 0.25) is 5.91 Å². The van der Waals surface area contributed by atoms with Crippen molar-refractivity contribution in [2.75, 3.05) is 25.5 Å². The molecule has 1 aliphatic rings. The summed E-state index contributed by atoms with van der Waals surface area (Å²) >= 11 is 1.74. The van der Waals surface area contributed by atoms with Crippen LogP contribution in [0.3, 0.4) is 0 Å². The molecule has 1 unspecified atom stereocenters. The molecule has 1 fully saturated rings. The van der Waals surface area contributed by atoms with Crippen molar-refractivity contribution in [3.63, 3.8) is 0 Å². The first kappa shape index (κ1) is 14.3. The zero-order valence-electron chi connectivity index (χ0n) is 10.4. The zero-order chi connectivity index (χ0) is 12.7. The number of amides is 1. The fraction of sp³-hybridized carbons (Fsp3) is 0.818. The smallest absolute Gasteiger partial charge is 0.243 e. The van der Waals surface area contributed by atoms with Crippen LogP contribution >= 0.6 is 11.8 Å². The Morgan fingerprint density at radius 2 is 2.47 bits per heavy atom. The van der Waals surface area contributed by atoms with Crippen molar-refractivity contribution >= 4 is 22.8 Å². The molecule has 0 aromatic heterocycles. The number of primary amides is 1. The van der Waals surface area contributed by atoms with Crippen molar-refractivity contribution < 1.29 is 9.53 Å². The average Bonchev–Trinajstić information content (AvgIpc) is 2.28. The molecule has 17 heavy (non-hydrogen) atoms. The molecule has 3 N–H and O–H groups in total. The standard InChI is InChI=1S/C11H21N3O2S/c1-8(2)9-3-6-17-11(14-9)13-4-5-16-7-10(12)15/h8-9H,3-7H2,1-2H3,(H2,12,15)(H,13,14). The molecule has 0 saturated carbocycles. The zero-order valence-corrected chi connectivity index (χ0v) is 11.3. The minimum atomic E-state index is -0.442. The van der Waals surface area contributed by atoms with Gasteiger partial charge in [0.1, 0.15) is 6.61 Å². The molecule has 5 nitrogen and oxygen atoms in total. The first-order valence-electron chi connectivity index (χ1n) is 5.89. The fourth-order valence-electron chi connectivity index (χ4n) is 1.53. The van der Waals surface area contributed by atoms with Crippen LogP contribution in [-0.4, -0.2) is 42.6 Å². The van der Waals surface area contributed by atoms with Crippen LogP contribution in [0.5, 0.6) is 0 Å². The second-order valence-electron chi connectivity index (χ2n) is 4.34. The number of thioether (sulfide) groups is 1. The van der Waals surface area contributed by atoms with Gasteiger partial charge in [-0.2, -0.15) is 0 Å². The summed E-state index contributed by atoms with van der Waals surface area (Å²) in [7, 11) is 0. The Labute approximate surface area is 107 Å². The lowest BCUT2D eigenvalue weighted by atomic mass is 10.0. The summed E-state index contributed by atoms with van der Waals surface area (Å²) in [6.07, 6.45) is 1.18. The van der Waals surface area contributed by atoms with Gasteiger partial charge in [0, 0.05) is 11.8 Å². The Kier molecular flexibility index (Phi) is 6.36. The molecule has 6 heteroatoms. The number of nitrogens with two attached hydrogens (primary N) is 1. The van der Waals surface area contributed by atoms with Gasteiger partial charge in [0.25, 0.3) is 0 Å². The summed E-state index contributed by atoms with van der Waals surface area (Å²) in [4.78, 5) is 14.8. The van der Waals surface area contributed by atoms with Crippen LogP contribution in [0, 0.1) is 5.92 Å². The Hall–Kier alpha value is -0.750. The normalized spacial score (nSPS) is 22.8. The highest BCUT2D eigenvalue weighted by Gasteiger charge is 2.19. The number of hydrogen-bond acceptors (Lipinski definition) is 4. The third-order valence-electron chi connectivity index (χ3n) is 2.52. The summed E-state index contributed by atoms with van der Waals surface area (Å²) in [5.74, 6) is 1.28. The maximum atomic E-state index is 10.4.